The molecule has 0 unspecified atom stereocenters. The summed E-state index contributed by atoms with van der Waals surface area (Å²) in [5.74, 6) is 0.951. The Morgan fingerprint density at radius 2 is 2.09 bits per heavy atom. The van der Waals surface area contributed by atoms with E-state index in [4.69, 9.17) is 9.47 Å². The number of rotatable bonds is 7. The van der Waals surface area contributed by atoms with Crippen molar-refractivity contribution >= 4 is 22.4 Å². The van der Waals surface area contributed by atoms with E-state index >= 15 is 0 Å². The first-order valence-corrected chi connectivity index (χ1v) is 8.28. The van der Waals surface area contributed by atoms with Crippen molar-refractivity contribution in [3.05, 3.63) is 28.8 Å². The number of anilines is 1. The fourth-order valence-electron chi connectivity index (χ4n) is 2.27. The standard InChI is InChI=1S/C16H21N3O3S/c1-5-7-10(2)15-18-19-16(23-15)17-14(20)11-8-6-9-12(21-3)13(11)22-4/h6,8-10H,5,7H2,1-4H3,(H,17,19,20)/t10-/m1/s1. The molecule has 1 aromatic heterocycles. The van der Waals surface area contributed by atoms with Gasteiger partial charge in [-0.1, -0.05) is 37.7 Å². The average molecular weight is 335 g/mol. The number of para-hydroxylation sites is 1. The molecule has 7 heteroatoms. The molecule has 2 rings (SSSR count). The van der Waals surface area contributed by atoms with Gasteiger partial charge in [0.15, 0.2) is 11.5 Å². The molecular formula is C16H21N3O3S. The molecule has 1 atom stereocenters. The molecule has 6 nitrogen and oxygen atoms in total. The summed E-state index contributed by atoms with van der Waals surface area (Å²) in [6, 6.07) is 5.16. The number of nitrogens with zero attached hydrogens (tertiary/aromatic N) is 2. The molecule has 0 fully saturated rings. The highest BCUT2D eigenvalue weighted by atomic mass is 32.1. The van der Waals surface area contributed by atoms with Gasteiger partial charge in [-0.3, -0.25) is 10.1 Å². The molecule has 1 amide bonds. The Morgan fingerprint density at radius 1 is 1.30 bits per heavy atom. The molecule has 0 aliphatic rings. The zero-order chi connectivity index (χ0) is 16.8. The van der Waals surface area contributed by atoms with Crippen LogP contribution in [0.25, 0.3) is 0 Å². The number of ether oxygens (including phenoxy) is 2. The van der Waals surface area contributed by atoms with E-state index in [-0.39, 0.29) is 5.91 Å². The van der Waals surface area contributed by atoms with E-state index < -0.39 is 0 Å². The van der Waals surface area contributed by atoms with Crippen LogP contribution in [-0.4, -0.2) is 30.3 Å². The number of hydrogen-bond acceptors (Lipinski definition) is 6. The van der Waals surface area contributed by atoms with Crippen LogP contribution in [0, 0.1) is 0 Å². The highest BCUT2D eigenvalue weighted by molar-refractivity contribution is 7.15. The Kier molecular flexibility index (Phi) is 5.92. The summed E-state index contributed by atoms with van der Waals surface area (Å²) >= 11 is 1.40. The van der Waals surface area contributed by atoms with Crippen LogP contribution in [0.2, 0.25) is 0 Å². The molecule has 0 saturated heterocycles. The molecule has 23 heavy (non-hydrogen) atoms. The van der Waals surface area contributed by atoms with Crippen LogP contribution in [0.15, 0.2) is 18.2 Å². The van der Waals surface area contributed by atoms with E-state index in [9.17, 15) is 4.79 Å². The van der Waals surface area contributed by atoms with Gasteiger partial charge in [0.1, 0.15) is 5.01 Å². The van der Waals surface area contributed by atoms with Crippen LogP contribution in [0.1, 0.15) is 48.0 Å². The largest absolute Gasteiger partial charge is 0.493 e. The van der Waals surface area contributed by atoms with Crippen molar-refractivity contribution in [2.45, 2.75) is 32.6 Å². The molecule has 124 valence electrons. The quantitative estimate of drug-likeness (QED) is 0.835. The number of amides is 1. The van der Waals surface area contributed by atoms with E-state index in [0.29, 0.717) is 28.1 Å². The predicted molar refractivity (Wildman–Crippen MR) is 90.7 cm³/mol. The number of methoxy groups -OCH3 is 2. The molecule has 0 bridgehead atoms. The zero-order valence-electron chi connectivity index (χ0n) is 13.8. The number of aromatic nitrogens is 2. The minimum atomic E-state index is -0.299. The maximum atomic E-state index is 12.5. The molecular weight excluding hydrogens is 314 g/mol. The topological polar surface area (TPSA) is 73.3 Å². The third kappa shape index (κ3) is 3.98. The first-order valence-electron chi connectivity index (χ1n) is 7.46. The highest BCUT2D eigenvalue weighted by Gasteiger charge is 2.18. The number of nitrogens with one attached hydrogen (secondary N) is 1. The normalized spacial score (nSPS) is 11.8. The Morgan fingerprint density at radius 3 is 2.74 bits per heavy atom. The van der Waals surface area contributed by atoms with Crippen molar-refractivity contribution in [3.63, 3.8) is 0 Å². The summed E-state index contributed by atoms with van der Waals surface area (Å²) < 4.78 is 10.5. The van der Waals surface area contributed by atoms with Gasteiger partial charge in [0.05, 0.1) is 19.8 Å². The van der Waals surface area contributed by atoms with E-state index in [2.05, 4.69) is 29.4 Å². The van der Waals surface area contributed by atoms with Gasteiger partial charge in [-0.25, -0.2) is 0 Å². The lowest BCUT2D eigenvalue weighted by atomic mass is 10.1. The predicted octanol–water partition coefficient (Wildman–Crippen LogP) is 3.71. The fourth-order valence-corrected chi connectivity index (χ4v) is 3.10. The van der Waals surface area contributed by atoms with Crippen LogP contribution in [-0.2, 0) is 0 Å². The third-order valence-corrected chi connectivity index (χ3v) is 4.52. The number of carbonyl (C=O) groups is 1. The number of benzene rings is 1. The molecule has 0 aliphatic heterocycles. The first kappa shape index (κ1) is 17.2. The van der Waals surface area contributed by atoms with Crippen LogP contribution in [0.5, 0.6) is 11.5 Å². The van der Waals surface area contributed by atoms with Gasteiger partial charge in [0.2, 0.25) is 5.13 Å². The van der Waals surface area contributed by atoms with Gasteiger partial charge in [0, 0.05) is 5.92 Å². The summed E-state index contributed by atoms with van der Waals surface area (Å²) in [6.45, 7) is 4.25. The van der Waals surface area contributed by atoms with Crippen molar-refractivity contribution in [1.82, 2.24) is 10.2 Å². The molecule has 1 aromatic carbocycles. The van der Waals surface area contributed by atoms with Gasteiger partial charge in [-0.15, -0.1) is 10.2 Å². The van der Waals surface area contributed by atoms with Crippen molar-refractivity contribution < 1.29 is 14.3 Å². The lowest BCUT2D eigenvalue weighted by Crippen LogP contribution is -2.13. The molecule has 0 radical (unpaired) electrons. The maximum Gasteiger partial charge on any atom is 0.261 e. The summed E-state index contributed by atoms with van der Waals surface area (Å²) in [7, 11) is 3.04. The Bertz CT molecular complexity index is 672. The molecule has 0 spiro atoms. The summed E-state index contributed by atoms with van der Waals surface area (Å²) in [5, 5.41) is 12.4. The second kappa shape index (κ2) is 7.92. The van der Waals surface area contributed by atoms with Crippen molar-refractivity contribution in [3.8, 4) is 11.5 Å². The van der Waals surface area contributed by atoms with Gasteiger partial charge >= 0.3 is 0 Å². The van der Waals surface area contributed by atoms with Gasteiger partial charge in [-0.2, -0.15) is 0 Å². The molecule has 0 aliphatic carbocycles. The lowest BCUT2D eigenvalue weighted by Gasteiger charge is -2.11. The second-order valence-corrected chi connectivity index (χ2v) is 6.14. The number of hydrogen-bond donors (Lipinski definition) is 1. The Balaban J connectivity index is 2.17. The van der Waals surface area contributed by atoms with Crippen molar-refractivity contribution in [1.29, 1.82) is 0 Å². The van der Waals surface area contributed by atoms with E-state index in [1.807, 2.05) is 0 Å². The minimum absolute atomic E-state index is 0.299. The van der Waals surface area contributed by atoms with Crippen LogP contribution in [0.4, 0.5) is 5.13 Å². The third-order valence-electron chi connectivity index (χ3n) is 3.45. The Hall–Kier alpha value is -2.15. The molecule has 2 aromatic rings. The highest BCUT2D eigenvalue weighted by Crippen LogP contribution is 2.32. The fraction of sp³-hybridized carbons (Fsp3) is 0.438. The van der Waals surface area contributed by atoms with Crippen LogP contribution in [0.3, 0.4) is 0 Å². The zero-order valence-corrected chi connectivity index (χ0v) is 14.6. The Labute approximate surface area is 139 Å². The van der Waals surface area contributed by atoms with Gasteiger partial charge in [0.25, 0.3) is 5.91 Å². The summed E-state index contributed by atoms with van der Waals surface area (Å²) in [6.07, 6.45) is 2.13. The minimum Gasteiger partial charge on any atom is -0.493 e. The summed E-state index contributed by atoms with van der Waals surface area (Å²) in [4.78, 5) is 12.5. The van der Waals surface area contributed by atoms with Crippen LogP contribution < -0.4 is 14.8 Å². The summed E-state index contributed by atoms with van der Waals surface area (Å²) in [5.41, 5.74) is 0.394. The molecule has 1 N–H and O–H groups in total. The van der Waals surface area contributed by atoms with E-state index in [1.54, 1.807) is 18.2 Å². The smallest absolute Gasteiger partial charge is 0.261 e. The van der Waals surface area contributed by atoms with E-state index in [1.165, 1.54) is 25.6 Å². The van der Waals surface area contributed by atoms with Crippen molar-refractivity contribution in [2.24, 2.45) is 0 Å². The lowest BCUT2D eigenvalue weighted by molar-refractivity contribution is 0.102. The van der Waals surface area contributed by atoms with Crippen molar-refractivity contribution in [2.75, 3.05) is 19.5 Å². The van der Waals surface area contributed by atoms with Crippen LogP contribution >= 0.6 is 11.3 Å². The van der Waals surface area contributed by atoms with Gasteiger partial charge < -0.3 is 9.47 Å². The molecule has 0 saturated carbocycles. The van der Waals surface area contributed by atoms with Gasteiger partial charge in [-0.05, 0) is 18.6 Å². The first-order chi connectivity index (χ1) is 11.1. The average Bonchev–Trinajstić information content (AvgIpc) is 3.02. The molecule has 1 heterocycles. The second-order valence-electron chi connectivity index (χ2n) is 5.13. The number of carbonyl (C=O) groups excluding carboxylic acids is 1. The monoisotopic (exact) mass is 335 g/mol. The maximum absolute atomic E-state index is 12.5. The SMILES string of the molecule is CCC[C@@H](C)c1nnc(NC(=O)c2cccc(OC)c2OC)s1. The van der Waals surface area contributed by atoms with E-state index in [0.717, 1.165) is 17.8 Å².